The zero-order chi connectivity index (χ0) is 14.5. The first-order valence-corrected chi connectivity index (χ1v) is 5.70. The van der Waals surface area contributed by atoms with Crippen LogP contribution in [0.1, 0.15) is 5.69 Å². The molecule has 0 bridgehead atoms. The molecule has 1 aromatic carbocycles. The summed E-state index contributed by atoms with van der Waals surface area (Å²) in [7, 11) is 0. The molecule has 2 rings (SSSR count). The molecule has 0 aliphatic carbocycles. The van der Waals surface area contributed by atoms with E-state index in [-0.39, 0.29) is 17.8 Å². The highest BCUT2D eigenvalue weighted by Gasteiger charge is 2.16. The van der Waals surface area contributed by atoms with Gasteiger partial charge in [-0.05, 0) is 18.2 Å². The van der Waals surface area contributed by atoms with Gasteiger partial charge in [-0.3, -0.25) is 19.9 Å². The van der Waals surface area contributed by atoms with Crippen LogP contribution in [0.4, 0.5) is 15.8 Å². The fourth-order valence-corrected chi connectivity index (χ4v) is 1.63. The van der Waals surface area contributed by atoms with E-state index in [1.54, 1.807) is 18.2 Å². The highest BCUT2D eigenvalue weighted by molar-refractivity contribution is 5.94. The van der Waals surface area contributed by atoms with Crippen LogP contribution in [0.25, 0.3) is 0 Å². The van der Waals surface area contributed by atoms with Gasteiger partial charge in [-0.15, -0.1) is 0 Å². The Balaban J connectivity index is 2.15. The maximum atomic E-state index is 13.1. The third-order valence-corrected chi connectivity index (χ3v) is 2.50. The van der Waals surface area contributed by atoms with Crippen molar-refractivity contribution in [2.75, 3.05) is 5.32 Å². The fraction of sp³-hybridized carbons (Fsp3) is 0.0769. The van der Waals surface area contributed by atoms with Crippen LogP contribution in [0, 0.1) is 15.9 Å². The number of anilines is 1. The first-order chi connectivity index (χ1) is 9.56. The maximum absolute atomic E-state index is 13.1. The van der Waals surface area contributed by atoms with Crippen LogP contribution >= 0.6 is 0 Å². The number of hydrogen-bond donors (Lipinski definition) is 1. The number of nitro benzene ring substituents is 1. The van der Waals surface area contributed by atoms with Gasteiger partial charge in [0.15, 0.2) is 0 Å². The second-order valence-electron chi connectivity index (χ2n) is 3.96. The van der Waals surface area contributed by atoms with E-state index in [4.69, 9.17) is 0 Å². The Hall–Kier alpha value is -2.83. The Kier molecular flexibility index (Phi) is 3.99. The largest absolute Gasteiger partial charge is 0.320 e. The van der Waals surface area contributed by atoms with Crippen LogP contribution in [0.5, 0.6) is 0 Å². The topological polar surface area (TPSA) is 85.1 Å². The van der Waals surface area contributed by atoms with E-state index < -0.39 is 16.6 Å². The van der Waals surface area contributed by atoms with Crippen molar-refractivity contribution in [3.8, 4) is 0 Å². The molecule has 0 aliphatic rings. The Morgan fingerprint density at radius 3 is 2.80 bits per heavy atom. The number of aromatic nitrogens is 1. The van der Waals surface area contributed by atoms with E-state index in [9.17, 15) is 19.3 Å². The van der Waals surface area contributed by atoms with Gasteiger partial charge >= 0.3 is 0 Å². The van der Waals surface area contributed by atoms with Gasteiger partial charge in [0.1, 0.15) is 11.5 Å². The lowest BCUT2D eigenvalue weighted by Crippen LogP contribution is -2.16. The molecule has 0 spiro atoms. The van der Waals surface area contributed by atoms with Crippen LogP contribution in [-0.2, 0) is 11.2 Å². The molecule has 1 amide bonds. The molecule has 2 aromatic rings. The summed E-state index contributed by atoms with van der Waals surface area (Å²) in [5.41, 5.74) is -0.0132. The van der Waals surface area contributed by atoms with Crippen molar-refractivity contribution in [1.82, 2.24) is 4.98 Å². The lowest BCUT2D eigenvalue weighted by Gasteiger charge is -2.05. The minimum atomic E-state index is -0.685. The molecule has 7 heteroatoms. The number of nitrogens with one attached hydrogen (secondary N) is 1. The van der Waals surface area contributed by atoms with Gasteiger partial charge in [-0.1, -0.05) is 6.07 Å². The van der Waals surface area contributed by atoms with Crippen LogP contribution in [0.3, 0.4) is 0 Å². The van der Waals surface area contributed by atoms with E-state index in [1.165, 1.54) is 6.20 Å². The van der Waals surface area contributed by atoms with Crippen LogP contribution < -0.4 is 5.32 Å². The number of carbonyl (C=O) groups is 1. The Morgan fingerprint density at radius 1 is 1.35 bits per heavy atom. The van der Waals surface area contributed by atoms with Crippen LogP contribution in [0.2, 0.25) is 0 Å². The molecule has 0 unspecified atom stereocenters. The van der Waals surface area contributed by atoms with Gasteiger partial charge in [0.25, 0.3) is 5.69 Å². The highest BCUT2D eigenvalue weighted by Crippen LogP contribution is 2.24. The molecule has 6 nitrogen and oxygen atoms in total. The zero-order valence-electron chi connectivity index (χ0n) is 10.2. The van der Waals surface area contributed by atoms with E-state index in [1.807, 2.05) is 0 Å². The summed E-state index contributed by atoms with van der Waals surface area (Å²) in [6.07, 6.45) is 1.49. The highest BCUT2D eigenvalue weighted by atomic mass is 19.1. The molecule has 0 aliphatic heterocycles. The van der Waals surface area contributed by atoms with Crippen molar-refractivity contribution in [2.24, 2.45) is 0 Å². The lowest BCUT2D eigenvalue weighted by atomic mass is 10.2. The number of nitro groups is 1. The molecular weight excluding hydrogens is 265 g/mol. The van der Waals surface area contributed by atoms with Crippen molar-refractivity contribution in [3.05, 3.63) is 64.2 Å². The van der Waals surface area contributed by atoms with Crippen molar-refractivity contribution < 1.29 is 14.1 Å². The van der Waals surface area contributed by atoms with Crippen molar-refractivity contribution in [2.45, 2.75) is 6.42 Å². The van der Waals surface area contributed by atoms with E-state index in [0.29, 0.717) is 5.69 Å². The molecule has 1 aromatic heterocycles. The monoisotopic (exact) mass is 275 g/mol. The van der Waals surface area contributed by atoms with Gasteiger partial charge in [-0.25, -0.2) is 4.39 Å². The summed E-state index contributed by atoms with van der Waals surface area (Å²) in [5.74, 6) is -1.17. The van der Waals surface area contributed by atoms with E-state index in [0.717, 1.165) is 18.2 Å². The molecule has 0 saturated carbocycles. The second kappa shape index (κ2) is 5.87. The smallest absolute Gasteiger partial charge is 0.292 e. The number of hydrogen-bond acceptors (Lipinski definition) is 4. The SMILES string of the molecule is O=C(Cc1ccccn1)Nc1cc(F)ccc1[N+](=O)[O-]. The van der Waals surface area contributed by atoms with Gasteiger partial charge in [0.2, 0.25) is 5.91 Å². The molecule has 102 valence electrons. The second-order valence-corrected chi connectivity index (χ2v) is 3.96. The molecular formula is C13H10FN3O3. The fourth-order valence-electron chi connectivity index (χ4n) is 1.63. The molecule has 1 heterocycles. The summed E-state index contributed by atoms with van der Waals surface area (Å²) >= 11 is 0. The first kappa shape index (κ1) is 13.6. The van der Waals surface area contributed by atoms with Crippen molar-refractivity contribution in [1.29, 1.82) is 0 Å². The average molecular weight is 275 g/mol. The number of pyridine rings is 1. The quantitative estimate of drug-likeness (QED) is 0.685. The van der Waals surface area contributed by atoms with Gasteiger partial charge in [0.05, 0.1) is 11.3 Å². The first-order valence-electron chi connectivity index (χ1n) is 5.70. The minimum Gasteiger partial charge on any atom is -0.320 e. The van der Waals surface area contributed by atoms with Crippen molar-refractivity contribution in [3.63, 3.8) is 0 Å². The number of halogens is 1. The molecule has 0 radical (unpaired) electrons. The summed E-state index contributed by atoms with van der Waals surface area (Å²) in [5, 5.41) is 13.1. The summed E-state index contributed by atoms with van der Waals surface area (Å²) in [6.45, 7) is 0. The summed E-state index contributed by atoms with van der Waals surface area (Å²) in [4.78, 5) is 25.8. The molecule has 0 saturated heterocycles. The van der Waals surface area contributed by atoms with Gasteiger partial charge in [0, 0.05) is 24.0 Å². The maximum Gasteiger partial charge on any atom is 0.292 e. The van der Waals surface area contributed by atoms with Gasteiger partial charge < -0.3 is 5.32 Å². The number of nitrogens with zero attached hydrogens (tertiary/aromatic N) is 2. The lowest BCUT2D eigenvalue weighted by molar-refractivity contribution is -0.384. The Bertz CT molecular complexity index is 647. The molecule has 0 fully saturated rings. The van der Waals surface area contributed by atoms with Crippen LogP contribution in [0.15, 0.2) is 42.6 Å². The molecule has 20 heavy (non-hydrogen) atoms. The van der Waals surface area contributed by atoms with Crippen LogP contribution in [-0.4, -0.2) is 15.8 Å². The summed E-state index contributed by atoms with van der Waals surface area (Å²) in [6, 6.07) is 7.96. The van der Waals surface area contributed by atoms with E-state index >= 15 is 0 Å². The third-order valence-electron chi connectivity index (χ3n) is 2.50. The number of benzene rings is 1. The normalized spacial score (nSPS) is 10.1. The molecule has 0 atom stereocenters. The predicted molar refractivity (Wildman–Crippen MR) is 69.6 cm³/mol. The van der Waals surface area contributed by atoms with Gasteiger partial charge in [-0.2, -0.15) is 0 Å². The minimum absolute atomic E-state index is 0.0471. The average Bonchev–Trinajstić information content (AvgIpc) is 2.39. The third kappa shape index (κ3) is 3.35. The number of amides is 1. The van der Waals surface area contributed by atoms with E-state index in [2.05, 4.69) is 10.3 Å². The summed E-state index contributed by atoms with van der Waals surface area (Å²) < 4.78 is 13.1. The van der Waals surface area contributed by atoms with Crippen molar-refractivity contribution >= 4 is 17.3 Å². The Labute approximate surface area is 113 Å². The predicted octanol–water partition coefficient (Wildman–Crippen LogP) is 2.31. The number of carbonyl (C=O) groups excluding carboxylic acids is 1. The Morgan fingerprint density at radius 2 is 2.15 bits per heavy atom. The standard InChI is InChI=1S/C13H10FN3O3/c14-9-4-5-12(17(19)20)11(7-9)16-13(18)8-10-3-1-2-6-15-10/h1-7H,8H2,(H,16,18). The molecule has 1 N–H and O–H groups in total. The zero-order valence-corrected chi connectivity index (χ0v) is 10.2. The number of rotatable bonds is 4.